The molecule has 0 fully saturated rings. The second-order valence-electron chi connectivity index (χ2n) is 4.99. The van der Waals surface area contributed by atoms with Crippen LogP contribution in [-0.4, -0.2) is 24.6 Å². The molecule has 17 heavy (non-hydrogen) atoms. The van der Waals surface area contributed by atoms with Gasteiger partial charge in [-0.15, -0.1) is 0 Å². The van der Waals surface area contributed by atoms with E-state index in [1.54, 1.807) is 0 Å². The van der Waals surface area contributed by atoms with Gasteiger partial charge in [0, 0.05) is 11.8 Å². The molecule has 1 nitrogen and oxygen atoms in total. The Morgan fingerprint density at radius 3 is 2.00 bits per heavy atom. The molecule has 0 heterocycles. The van der Waals surface area contributed by atoms with E-state index in [0.29, 0.717) is 0 Å². The van der Waals surface area contributed by atoms with Gasteiger partial charge in [0.05, 0.1) is 0 Å². The molecule has 0 aromatic rings. The van der Waals surface area contributed by atoms with Crippen molar-refractivity contribution in [3.05, 3.63) is 0 Å². The average molecular weight is 260 g/mol. The molecule has 1 N–H and O–H groups in total. The van der Waals surface area contributed by atoms with E-state index in [1.165, 1.54) is 70.1 Å². The van der Waals surface area contributed by atoms with Crippen molar-refractivity contribution in [2.45, 2.75) is 77.7 Å². The molecule has 0 aromatic carbocycles. The predicted molar refractivity (Wildman–Crippen MR) is 83.1 cm³/mol. The normalized spacial score (nSPS) is 12.9. The van der Waals surface area contributed by atoms with Gasteiger partial charge in [-0.25, -0.2) is 0 Å². The molecule has 0 aliphatic heterocycles. The van der Waals surface area contributed by atoms with Crippen molar-refractivity contribution < 1.29 is 0 Å². The van der Waals surface area contributed by atoms with Crippen molar-refractivity contribution in [1.29, 1.82) is 0 Å². The molecule has 1 atom stereocenters. The molecule has 0 bridgehead atoms. The second-order valence-corrected chi connectivity index (χ2v) is 5.90. The molecule has 0 spiro atoms. The number of hydrogen-bond donors (Lipinski definition) is 1. The minimum absolute atomic E-state index is 0.731. The molecule has 0 radical (unpaired) electrons. The minimum Gasteiger partial charge on any atom is -0.313 e. The highest BCUT2D eigenvalue weighted by Crippen LogP contribution is 2.08. The van der Waals surface area contributed by atoms with E-state index in [1.807, 2.05) is 11.8 Å². The van der Waals surface area contributed by atoms with Crippen LogP contribution in [0, 0.1) is 0 Å². The fourth-order valence-corrected chi connectivity index (χ4v) is 2.84. The van der Waals surface area contributed by atoms with Crippen LogP contribution in [0.3, 0.4) is 0 Å². The summed E-state index contributed by atoms with van der Waals surface area (Å²) in [5, 5.41) is 3.66. The first-order chi connectivity index (χ1) is 8.35. The summed E-state index contributed by atoms with van der Waals surface area (Å²) >= 11 is 1.95. The molecular weight excluding hydrogens is 226 g/mol. The highest BCUT2D eigenvalue weighted by atomic mass is 32.2. The van der Waals surface area contributed by atoms with Gasteiger partial charge in [-0.3, -0.25) is 0 Å². The van der Waals surface area contributed by atoms with Gasteiger partial charge in [0.2, 0.25) is 0 Å². The van der Waals surface area contributed by atoms with Crippen LogP contribution in [0.15, 0.2) is 0 Å². The third kappa shape index (κ3) is 12.6. The quantitative estimate of drug-likeness (QED) is 0.474. The van der Waals surface area contributed by atoms with Gasteiger partial charge in [-0.2, -0.15) is 11.8 Å². The maximum absolute atomic E-state index is 3.66. The topological polar surface area (TPSA) is 12.0 Å². The molecule has 0 saturated carbocycles. The van der Waals surface area contributed by atoms with Gasteiger partial charge in [-0.1, -0.05) is 58.8 Å². The van der Waals surface area contributed by atoms with Crippen molar-refractivity contribution >= 4 is 11.8 Å². The summed E-state index contributed by atoms with van der Waals surface area (Å²) in [7, 11) is 0. The highest BCUT2D eigenvalue weighted by molar-refractivity contribution is 7.98. The predicted octanol–water partition coefficient (Wildman–Crippen LogP) is 4.86. The SMILES string of the molecule is CCCCCCCCCCNC(CC)CSC. The van der Waals surface area contributed by atoms with Gasteiger partial charge < -0.3 is 5.32 Å². The van der Waals surface area contributed by atoms with E-state index in [4.69, 9.17) is 0 Å². The number of hydrogen-bond acceptors (Lipinski definition) is 2. The molecule has 0 aliphatic carbocycles. The van der Waals surface area contributed by atoms with Crippen LogP contribution in [-0.2, 0) is 0 Å². The Balaban J connectivity index is 3.11. The van der Waals surface area contributed by atoms with Gasteiger partial charge in [0.25, 0.3) is 0 Å². The summed E-state index contributed by atoms with van der Waals surface area (Å²) in [5.41, 5.74) is 0. The Morgan fingerprint density at radius 2 is 1.47 bits per heavy atom. The van der Waals surface area contributed by atoms with Gasteiger partial charge in [0.15, 0.2) is 0 Å². The van der Waals surface area contributed by atoms with Crippen molar-refractivity contribution in [3.63, 3.8) is 0 Å². The van der Waals surface area contributed by atoms with Crippen molar-refractivity contribution in [2.24, 2.45) is 0 Å². The Hall–Kier alpha value is 0.310. The summed E-state index contributed by atoms with van der Waals surface area (Å²) in [4.78, 5) is 0. The highest BCUT2D eigenvalue weighted by Gasteiger charge is 2.02. The first kappa shape index (κ1) is 17.3. The minimum atomic E-state index is 0.731. The van der Waals surface area contributed by atoms with Gasteiger partial charge in [-0.05, 0) is 25.6 Å². The molecule has 104 valence electrons. The number of rotatable bonds is 13. The van der Waals surface area contributed by atoms with Crippen LogP contribution in [0.1, 0.15) is 71.6 Å². The van der Waals surface area contributed by atoms with Crippen LogP contribution < -0.4 is 5.32 Å². The fourth-order valence-electron chi connectivity index (χ4n) is 2.09. The fraction of sp³-hybridized carbons (Fsp3) is 1.00. The van der Waals surface area contributed by atoms with Gasteiger partial charge in [0.1, 0.15) is 0 Å². The first-order valence-corrected chi connectivity index (χ1v) is 8.96. The lowest BCUT2D eigenvalue weighted by Gasteiger charge is -2.15. The Labute approximate surface area is 114 Å². The summed E-state index contributed by atoms with van der Waals surface area (Å²) in [6.07, 6.45) is 14.8. The zero-order valence-corrected chi connectivity index (χ0v) is 13.1. The summed E-state index contributed by atoms with van der Waals surface area (Å²) in [6, 6.07) is 0.731. The van der Waals surface area contributed by atoms with Crippen LogP contribution in [0.2, 0.25) is 0 Å². The molecule has 2 heteroatoms. The molecule has 0 saturated heterocycles. The third-order valence-electron chi connectivity index (χ3n) is 3.32. The van der Waals surface area contributed by atoms with Crippen molar-refractivity contribution in [1.82, 2.24) is 5.32 Å². The van der Waals surface area contributed by atoms with E-state index >= 15 is 0 Å². The number of thioether (sulfide) groups is 1. The summed E-state index contributed by atoms with van der Waals surface area (Å²) in [5.74, 6) is 1.26. The monoisotopic (exact) mass is 259 g/mol. The zero-order chi connectivity index (χ0) is 12.8. The first-order valence-electron chi connectivity index (χ1n) is 7.57. The van der Waals surface area contributed by atoms with E-state index in [-0.39, 0.29) is 0 Å². The lowest BCUT2D eigenvalue weighted by molar-refractivity contribution is 0.506. The number of nitrogens with one attached hydrogen (secondary N) is 1. The van der Waals surface area contributed by atoms with Crippen LogP contribution >= 0.6 is 11.8 Å². The Kier molecular flexibility index (Phi) is 14.6. The second kappa shape index (κ2) is 14.4. The lowest BCUT2D eigenvalue weighted by Crippen LogP contribution is -2.31. The maximum Gasteiger partial charge on any atom is 0.0155 e. The molecule has 1 unspecified atom stereocenters. The van der Waals surface area contributed by atoms with E-state index < -0.39 is 0 Å². The zero-order valence-electron chi connectivity index (χ0n) is 12.3. The largest absolute Gasteiger partial charge is 0.313 e. The maximum atomic E-state index is 3.66. The standard InChI is InChI=1S/C15H33NS/c1-4-6-7-8-9-10-11-12-13-16-15(5-2)14-17-3/h15-16H,4-14H2,1-3H3. The molecular formula is C15H33NS. The summed E-state index contributed by atoms with van der Waals surface area (Å²) < 4.78 is 0. The summed E-state index contributed by atoms with van der Waals surface area (Å²) in [6.45, 7) is 5.78. The lowest BCUT2D eigenvalue weighted by atomic mass is 10.1. The average Bonchev–Trinajstić information content (AvgIpc) is 2.35. The number of unbranched alkanes of at least 4 members (excludes halogenated alkanes) is 7. The van der Waals surface area contributed by atoms with Crippen LogP contribution in [0.25, 0.3) is 0 Å². The molecule has 0 aliphatic rings. The van der Waals surface area contributed by atoms with Crippen molar-refractivity contribution in [2.75, 3.05) is 18.6 Å². The van der Waals surface area contributed by atoms with E-state index in [9.17, 15) is 0 Å². The van der Waals surface area contributed by atoms with Crippen LogP contribution in [0.4, 0.5) is 0 Å². The Bertz CT molecular complexity index is 139. The van der Waals surface area contributed by atoms with Gasteiger partial charge >= 0.3 is 0 Å². The van der Waals surface area contributed by atoms with E-state index in [2.05, 4.69) is 25.4 Å². The van der Waals surface area contributed by atoms with Crippen molar-refractivity contribution in [3.8, 4) is 0 Å². The van der Waals surface area contributed by atoms with Crippen LogP contribution in [0.5, 0.6) is 0 Å². The smallest absolute Gasteiger partial charge is 0.0155 e. The third-order valence-corrected chi connectivity index (χ3v) is 4.06. The molecule has 0 rings (SSSR count). The molecule has 0 aromatic heterocycles. The van der Waals surface area contributed by atoms with E-state index in [0.717, 1.165) is 6.04 Å². The Morgan fingerprint density at radius 1 is 0.882 bits per heavy atom. The molecule has 0 amide bonds.